The average Bonchev–Trinajstić information content (AvgIpc) is 3.29. The summed E-state index contributed by atoms with van der Waals surface area (Å²) in [6, 6.07) is -13.4. The molecule has 0 aromatic rings. The van der Waals surface area contributed by atoms with E-state index in [-0.39, 0.29) is 57.4 Å². The number of nitrogens with one attached hydrogen (secondary N) is 8. The van der Waals surface area contributed by atoms with Gasteiger partial charge in [0.2, 0.25) is 59.1 Å². The van der Waals surface area contributed by atoms with Gasteiger partial charge in [-0.1, -0.05) is 27.7 Å². The van der Waals surface area contributed by atoms with Crippen molar-refractivity contribution < 1.29 is 72.9 Å². The minimum Gasteiger partial charge on any atom is -0.481 e. The summed E-state index contributed by atoms with van der Waals surface area (Å²) in [4.78, 5) is 156. The number of hydrogen-bond donors (Lipinski definition) is 15. The van der Waals surface area contributed by atoms with Crippen molar-refractivity contribution in [2.45, 2.75) is 146 Å². The highest BCUT2D eigenvalue weighted by atomic mass is 32.2. The SMILES string of the molecule is CSCC[C@H](NC(=O)[C@H](CCC(N)=O)NC(=O)[C@@H](N)CCSC)C(=O)N[C@@H](CC(N)=O)C(=O)N[C@@H](CCCCN)C(=O)N[C@H](C(=O)N[C@@H](CC(C)C)C(=O)N[C@@H](CC(=O)O)C(=O)N[C@@H](CO)C(=O)O)C(C)C. The van der Waals surface area contributed by atoms with Crippen LogP contribution in [0.2, 0.25) is 0 Å². The number of carboxylic acid groups (broad SMARTS) is 2. The third kappa shape index (κ3) is 26.6. The number of rotatable bonds is 38. The minimum absolute atomic E-state index is 0.0219. The van der Waals surface area contributed by atoms with Gasteiger partial charge in [0.15, 0.2) is 0 Å². The highest BCUT2D eigenvalue weighted by Crippen LogP contribution is 2.12. The van der Waals surface area contributed by atoms with Crippen LogP contribution in [0.25, 0.3) is 0 Å². The van der Waals surface area contributed by atoms with Crippen LogP contribution in [0, 0.1) is 11.8 Å². The molecular weight excluding hydrogens is 989 g/mol. The molecule has 0 rings (SSSR count). The van der Waals surface area contributed by atoms with Crippen molar-refractivity contribution in [3.63, 3.8) is 0 Å². The van der Waals surface area contributed by atoms with Crippen molar-refractivity contribution in [2.24, 2.45) is 34.8 Å². The van der Waals surface area contributed by atoms with E-state index in [1.807, 2.05) is 11.6 Å². The van der Waals surface area contributed by atoms with Crippen LogP contribution < -0.4 is 65.5 Å². The second-order valence-corrected chi connectivity index (χ2v) is 19.5. The summed E-state index contributed by atoms with van der Waals surface area (Å²) in [6.07, 6.45) is 1.93. The first kappa shape index (κ1) is 66.2. The van der Waals surface area contributed by atoms with Crippen molar-refractivity contribution in [1.29, 1.82) is 0 Å². The van der Waals surface area contributed by atoms with Crippen molar-refractivity contribution in [2.75, 3.05) is 37.2 Å². The van der Waals surface area contributed by atoms with Crippen LogP contribution in [-0.2, 0) is 57.5 Å². The van der Waals surface area contributed by atoms with Gasteiger partial charge in [-0.15, -0.1) is 0 Å². The van der Waals surface area contributed by atoms with Gasteiger partial charge in [0.05, 0.1) is 25.5 Å². The number of carbonyl (C=O) groups excluding carboxylic acids is 10. The summed E-state index contributed by atoms with van der Waals surface area (Å²) in [6.45, 7) is 5.63. The third-order valence-electron chi connectivity index (χ3n) is 10.5. The molecule has 0 aromatic heterocycles. The van der Waals surface area contributed by atoms with Gasteiger partial charge in [0.25, 0.3) is 0 Å². The molecule has 0 aromatic carbocycles. The van der Waals surface area contributed by atoms with Gasteiger partial charge in [-0.2, -0.15) is 23.5 Å². The highest BCUT2D eigenvalue weighted by molar-refractivity contribution is 7.98. The smallest absolute Gasteiger partial charge is 0.328 e. The topological polar surface area (TPSA) is 466 Å². The van der Waals surface area contributed by atoms with Crippen LogP contribution in [0.15, 0.2) is 0 Å². The molecule has 410 valence electrons. The Kier molecular flexibility index (Phi) is 32.5. The van der Waals surface area contributed by atoms with Crippen molar-refractivity contribution in [1.82, 2.24) is 42.5 Å². The Labute approximate surface area is 426 Å². The van der Waals surface area contributed by atoms with Gasteiger partial charge < -0.3 is 80.8 Å². The molecule has 0 unspecified atom stereocenters. The molecule has 0 aliphatic heterocycles. The van der Waals surface area contributed by atoms with E-state index < -0.39 is 151 Å². The lowest BCUT2D eigenvalue weighted by molar-refractivity contribution is -0.144. The number of primary amides is 2. The molecule has 0 fully saturated rings. The number of aliphatic hydroxyl groups excluding tert-OH is 1. The number of thioether (sulfide) groups is 2. The second-order valence-electron chi connectivity index (χ2n) is 17.5. The summed E-state index contributed by atoms with van der Waals surface area (Å²) >= 11 is 2.75. The summed E-state index contributed by atoms with van der Waals surface area (Å²) in [5.74, 6) is -12.9. The van der Waals surface area contributed by atoms with E-state index >= 15 is 0 Å². The van der Waals surface area contributed by atoms with E-state index in [9.17, 15) is 72.9 Å². The summed E-state index contributed by atoms with van der Waals surface area (Å²) < 4.78 is 0. The Morgan fingerprint density at radius 3 is 1.39 bits per heavy atom. The molecule has 0 heterocycles. The average molecular weight is 1070 g/mol. The lowest BCUT2D eigenvalue weighted by Crippen LogP contribution is -2.61. The molecule has 0 aliphatic rings. The van der Waals surface area contributed by atoms with E-state index in [1.165, 1.54) is 23.5 Å². The number of hydrogen-bond acceptors (Lipinski definition) is 17. The zero-order valence-corrected chi connectivity index (χ0v) is 43.2. The Morgan fingerprint density at radius 2 is 0.931 bits per heavy atom. The maximum atomic E-state index is 14.0. The largest absolute Gasteiger partial charge is 0.481 e. The second kappa shape index (κ2) is 35.4. The summed E-state index contributed by atoms with van der Waals surface area (Å²) in [5.41, 5.74) is 22.5. The zero-order valence-electron chi connectivity index (χ0n) is 41.6. The molecule has 9 atom stereocenters. The number of aliphatic hydroxyl groups is 1. The first-order valence-corrected chi connectivity index (χ1v) is 26.0. The Bertz CT molecular complexity index is 1860. The van der Waals surface area contributed by atoms with Gasteiger partial charge in [0.1, 0.15) is 48.3 Å². The molecule has 0 saturated heterocycles. The lowest BCUT2D eigenvalue weighted by Gasteiger charge is -2.29. The number of carboxylic acids is 2. The Hall–Kier alpha value is -5.78. The van der Waals surface area contributed by atoms with Gasteiger partial charge >= 0.3 is 11.9 Å². The number of aliphatic carboxylic acids is 2. The molecule has 10 amide bonds. The fraction of sp³-hybridized carbons (Fsp3) is 0.721. The molecular formula is C43H76N12O15S2. The normalized spacial score (nSPS) is 14.9. The molecule has 0 bridgehead atoms. The molecule has 27 nitrogen and oxygen atoms in total. The van der Waals surface area contributed by atoms with Gasteiger partial charge in [-0.25, -0.2) is 4.79 Å². The van der Waals surface area contributed by atoms with E-state index in [4.69, 9.17) is 22.9 Å². The summed E-state index contributed by atoms with van der Waals surface area (Å²) in [7, 11) is 0. The van der Waals surface area contributed by atoms with Gasteiger partial charge in [0, 0.05) is 6.42 Å². The number of nitrogens with two attached hydrogens (primary N) is 4. The maximum Gasteiger partial charge on any atom is 0.328 e. The lowest BCUT2D eigenvalue weighted by atomic mass is 9.98. The van der Waals surface area contributed by atoms with E-state index in [1.54, 1.807) is 34.0 Å². The van der Waals surface area contributed by atoms with E-state index in [2.05, 4.69) is 37.2 Å². The molecule has 0 radical (unpaired) electrons. The van der Waals surface area contributed by atoms with Crippen LogP contribution in [0.1, 0.15) is 91.9 Å². The predicted octanol–water partition coefficient (Wildman–Crippen LogP) is -4.78. The quantitative estimate of drug-likeness (QED) is 0.0258. The molecule has 0 spiro atoms. The van der Waals surface area contributed by atoms with Crippen LogP contribution in [-0.4, -0.2) is 178 Å². The molecule has 29 heteroatoms. The monoisotopic (exact) mass is 1060 g/mol. The van der Waals surface area contributed by atoms with Crippen molar-refractivity contribution in [3.05, 3.63) is 0 Å². The van der Waals surface area contributed by atoms with Crippen LogP contribution >= 0.6 is 23.5 Å². The standard InChI is InChI=1S/C43H76N12O15S2/c1-21(2)17-27(39(65)52-29(19-33(59)60)41(67)54-30(20-56)43(69)70)53-42(68)34(22(3)4)55-38(64)24(9-7-8-14-44)49-40(66)28(18-32(47)58)51-37(63)26(13-16-72-6)50-36(62)25(10-11-31(46)57)48-35(61)23(45)12-15-71-5/h21-30,34,56H,7-20,44-45H2,1-6H3,(H2,46,57)(H2,47,58)(H,48,61)(H,49,66)(H,50,62)(H,51,63)(H,52,65)(H,53,68)(H,54,67)(H,55,64)(H,59,60)(H,69,70)/t23-,24-,25-,26-,27-,28-,29-,30-,34-/m0/s1. The Balaban J connectivity index is 6.65. The van der Waals surface area contributed by atoms with Crippen LogP contribution in [0.5, 0.6) is 0 Å². The fourth-order valence-corrected chi connectivity index (χ4v) is 7.53. The first-order valence-electron chi connectivity index (χ1n) is 23.2. The van der Waals surface area contributed by atoms with Crippen LogP contribution in [0.3, 0.4) is 0 Å². The maximum absolute atomic E-state index is 14.0. The first-order chi connectivity index (χ1) is 33.7. The number of unbranched alkanes of at least 4 members (excludes halogenated alkanes) is 1. The number of amides is 10. The highest BCUT2D eigenvalue weighted by Gasteiger charge is 2.36. The molecule has 19 N–H and O–H groups in total. The fourth-order valence-electron chi connectivity index (χ4n) is 6.57. The Morgan fingerprint density at radius 1 is 0.500 bits per heavy atom. The van der Waals surface area contributed by atoms with Crippen molar-refractivity contribution in [3.8, 4) is 0 Å². The third-order valence-corrected chi connectivity index (χ3v) is 11.8. The summed E-state index contributed by atoms with van der Waals surface area (Å²) in [5, 5.41) is 47.2. The predicted molar refractivity (Wildman–Crippen MR) is 266 cm³/mol. The minimum atomic E-state index is -1.85. The van der Waals surface area contributed by atoms with E-state index in [0.29, 0.717) is 17.9 Å². The van der Waals surface area contributed by atoms with Crippen molar-refractivity contribution >= 4 is 94.5 Å². The molecule has 0 saturated carbocycles. The molecule has 0 aliphatic carbocycles. The number of carbonyl (C=O) groups is 12. The zero-order chi connectivity index (χ0) is 55.2. The van der Waals surface area contributed by atoms with E-state index in [0.717, 1.165) is 0 Å². The van der Waals surface area contributed by atoms with Gasteiger partial charge in [-0.05, 0) is 87.3 Å². The molecule has 72 heavy (non-hydrogen) atoms. The van der Waals surface area contributed by atoms with Crippen LogP contribution in [0.4, 0.5) is 0 Å². The van der Waals surface area contributed by atoms with Gasteiger partial charge in [-0.3, -0.25) is 52.7 Å².